The van der Waals surface area contributed by atoms with Crippen LogP contribution in [0.3, 0.4) is 0 Å². The first kappa shape index (κ1) is 14.2. The van der Waals surface area contributed by atoms with Gasteiger partial charge in [0.25, 0.3) is 0 Å². The summed E-state index contributed by atoms with van der Waals surface area (Å²) in [5, 5.41) is 20.1. The van der Waals surface area contributed by atoms with Crippen molar-refractivity contribution in [3.8, 4) is 9.88 Å². The van der Waals surface area contributed by atoms with Crippen LogP contribution in [0.25, 0.3) is 9.88 Å². The van der Waals surface area contributed by atoms with E-state index in [1.54, 1.807) is 12.3 Å². The molecule has 0 N–H and O–H groups in total. The molecule has 0 amide bonds. The number of rotatable bonds is 4. The first-order valence-electron chi connectivity index (χ1n) is 6.71. The van der Waals surface area contributed by atoms with Crippen LogP contribution >= 0.6 is 22.7 Å². The molecule has 1 saturated heterocycles. The minimum absolute atomic E-state index is 0.142. The molecule has 2 aromatic rings. The van der Waals surface area contributed by atoms with Gasteiger partial charge in [-0.15, -0.1) is 11.3 Å². The van der Waals surface area contributed by atoms with Crippen molar-refractivity contribution in [2.24, 2.45) is 5.10 Å². The number of hydrazone groups is 1. The third-order valence-corrected chi connectivity index (χ3v) is 5.26. The van der Waals surface area contributed by atoms with Gasteiger partial charge in [0.05, 0.1) is 21.7 Å². The zero-order valence-corrected chi connectivity index (χ0v) is 12.9. The van der Waals surface area contributed by atoms with Gasteiger partial charge in [0.15, 0.2) is 0 Å². The standard InChI is InChI=1S/C13H14N4O2S2/c18-17(19)12-5-4-11(21-12)13-15-10(9-20-13)8-14-16-6-2-1-3-7-16/h4-5,8-9H,1-3,6-7H2/b14-8-. The SMILES string of the molecule is O=[N+]([O-])c1ccc(-c2nc(/C=N\N3CCCCC3)cs2)s1. The van der Waals surface area contributed by atoms with Crippen molar-refractivity contribution in [1.82, 2.24) is 9.99 Å². The van der Waals surface area contributed by atoms with E-state index in [9.17, 15) is 10.1 Å². The fourth-order valence-corrected chi connectivity index (χ4v) is 3.80. The van der Waals surface area contributed by atoms with Gasteiger partial charge in [-0.3, -0.25) is 15.1 Å². The van der Waals surface area contributed by atoms with E-state index >= 15 is 0 Å². The molecule has 110 valence electrons. The highest BCUT2D eigenvalue weighted by molar-refractivity contribution is 7.23. The summed E-state index contributed by atoms with van der Waals surface area (Å²) < 4.78 is 0. The molecule has 1 fully saturated rings. The van der Waals surface area contributed by atoms with Gasteiger partial charge >= 0.3 is 5.00 Å². The lowest BCUT2D eigenvalue weighted by atomic mass is 10.2. The van der Waals surface area contributed by atoms with Gasteiger partial charge in [-0.2, -0.15) is 5.10 Å². The van der Waals surface area contributed by atoms with Crippen LogP contribution in [-0.2, 0) is 0 Å². The number of piperidine rings is 1. The number of thiazole rings is 1. The summed E-state index contributed by atoms with van der Waals surface area (Å²) in [6, 6.07) is 3.26. The molecule has 8 heteroatoms. The fraction of sp³-hybridized carbons (Fsp3) is 0.385. The molecule has 2 aromatic heterocycles. The average Bonchev–Trinajstić information content (AvgIpc) is 3.15. The monoisotopic (exact) mass is 322 g/mol. The second-order valence-corrected chi connectivity index (χ2v) is 6.65. The fourth-order valence-electron chi connectivity index (χ4n) is 2.13. The van der Waals surface area contributed by atoms with E-state index in [2.05, 4.69) is 15.1 Å². The van der Waals surface area contributed by atoms with E-state index in [-0.39, 0.29) is 9.92 Å². The van der Waals surface area contributed by atoms with E-state index < -0.39 is 0 Å². The normalized spacial score (nSPS) is 15.7. The maximum Gasteiger partial charge on any atom is 0.324 e. The lowest BCUT2D eigenvalue weighted by Gasteiger charge is -2.22. The smallest absolute Gasteiger partial charge is 0.297 e. The molecule has 0 aliphatic carbocycles. The van der Waals surface area contributed by atoms with Crippen molar-refractivity contribution >= 4 is 33.9 Å². The number of aromatic nitrogens is 1. The summed E-state index contributed by atoms with van der Waals surface area (Å²) in [6.07, 6.45) is 5.44. The quantitative estimate of drug-likeness (QED) is 0.490. The molecular weight excluding hydrogens is 308 g/mol. The first-order chi connectivity index (χ1) is 10.2. The van der Waals surface area contributed by atoms with E-state index in [0.29, 0.717) is 0 Å². The van der Waals surface area contributed by atoms with E-state index in [1.807, 2.05) is 5.38 Å². The lowest BCUT2D eigenvalue weighted by molar-refractivity contribution is -0.380. The lowest BCUT2D eigenvalue weighted by Crippen LogP contribution is -2.24. The highest BCUT2D eigenvalue weighted by Gasteiger charge is 2.13. The van der Waals surface area contributed by atoms with Crippen molar-refractivity contribution in [1.29, 1.82) is 0 Å². The molecule has 21 heavy (non-hydrogen) atoms. The molecule has 3 heterocycles. The van der Waals surface area contributed by atoms with Gasteiger partial charge in [-0.25, -0.2) is 4.98 Å². The van der Waals surface area contributed by atoms with Crippen molar-refractivity contribution in [2.75, 3.05) is 13.1 Å². The maximum atomic E-state index is 10.7. The Morgan fingerprint density at radius 2 is 2.14 bits per heavy atom. The van der Waals surface area contributed by atoms with Crippen LogP contribution in [0.15, 0.2) is 22.6 Å². The Balaban J connectivity index is 1.70. The second kappa shape index (κ2) is 6.31. The van der Waals surface area contributed by atoms with Crippen molar-refractivity contribution in [3.63, 3.8) is 0 Å². The Labute approximate surface area is 129 Å². The van der Waals surface area contributed by atoms with Crippen LogP contribution in [0.4, 0.5) is 5.00 Å². The summed E-state index contributed by atoms with van der Waals surface area (Å²) in [5.74, 6) is 0. The summed E-state index contributed by atoms with van der Waals surface area (Å²) in [5.41, 5.74) is 0.802. The number of hydrogen-bond donors (Lipinski definition) is 0. The number of nitro groups is 1. The Morgan fingerprint density at radius 1 is 1.33 bits per heavy atom. The van der Waals surface area contributed by atoms with Gasteiger partial charge in [0.2, 0.25) is 0 Å². The molecule has 6 nitrogen and oxygen atoms in total. The van der Waals surface area contributed by atoms with E-state index in [1.165, 1.54) is 36.7 Å². The predicted molar refractivity (Wildman–Crippen MR) is 85.1 cm³/mol. The van der Waals surface area contributed by atoms with Crippen molar-refractivity contribution < 1.29 is 4.92 Å². The first-order valence-corrected chi connectivity index (χ1v) is 8.41. The Hall–Kier alpha value is -1.80. The molecule has 0 bridgehead atoms. The summed E-state index contributed by atoms with van der Waals surface area (Å²) in [7, 11) is 0. The molecule has 3 rings (SSSR count). The highest BCUT2D eigenvalue weighted by atomic mass is 32.1. The van der Waals surface area contributed by atoms with E-state index in [4.69, 9.17) is 0 Å². The van der Waals surface area contributed by atoms with Gasteiger partial charge < -0.3 is 0 Å². The largest absolute Gasteiger partial charge is 0.324 e. The van der Waals surface area contributed by atoms with Crippen molar-refractivity contribution in [3.05, 3.63) is 33.3 Å². The third kappa shape index (κ3) is 3.45. The highest BCUT2D eigenvalue weighted by Crippen LogP contribution is 2.34. The third-order valence-electron chi connectivity index (χ3n) is 3.19. The molecule has 1 aliphatic rings. The summed E-state index contributed by atoms with van der Waals surface area (Å²) in [4.78, 5) is 15.6. The minimum atomic E-state index is -0.375. The topological polar surface area (TPSA) is 71.6 Å². The maximum absolute atomic E-state index is 10.7. The van der Waals surface area contributed by atoms with Crippen LogP contribution in [0.1, 0.15) is 25.0 Å². The van der Waals surface area contributed by atoms with E-state index in [0.717, 1.165) is 40.0 Å². The number of nitrogens with zero attached hydrogens (tertiary/aromatic N) is 4. The molecule has 0 spiro atoms. The van der Waals surface area contributed by atoms with Gasteiger partial charge in [-0.05, 0) is 25.3 Å². The second-order valence-electron chi connectivity index (χ2n) is 4.73. The summed E-state index contributed by atoms with van der Waals surface area (Å²) in [6.45, 7) is 2.01. The van der Waals surface area contributed by atoms with Crippen LogP contribution in [0, 0.1) is 10.1 Å². The Kier molecular flexibility index (Phi) is 4.26. The van der Waals surface area contributed by atoms with Crippen molar-refractivity contribution in [2.45, 2.75) is 19.3 Å². The molecule has 0 atom stereocenters. The zero-order chi connectivity index (χ0) is 14.7. The Morgan fingerprint density at radius 3 is 2.86 bits per heavy atom. The number of hydrogen-bond acceptors (Lipinski definition) is 7. The molecular formula is C13H14N4O2S2. The number of thiophene rings is 1. The van der Waals surface area contributed by atoms with Crippen LogP contribution < -0.4 is 0 Å². The molecule has 0 radical (unpaired) electrons. The predicted octanol–water partition coefficient (Wildman–Crippen LogP) is 3.60. The van der Waals surface area contributed by atoms with Gasteiger partial charge in [0.1, 0.15) is 5.01 Å². The van der Waals surface area contributed by atoms with Gasteiger partial charge in [0, 0.05) is 24.5 Å². The average molecular weight is 322 g/mol. The molecule has 0 unspecified atom stereocenters. The molecule has 0 saturated carbocycles. The van der Waals surface area contributed by atoms with Crippen LogP contribution in [0.2, 0.25) is 0 Å². The van der Waals surface area contributed by atoms with Gasteiger partial charge in [-0.1, -0.05) is 11.3 Å². The van der Waals surface area contributed by atoms with Crippen LogP contribution in [0.5, 0.6) is 0 Å². The summed E-state index contributed by atoms with van der Waals surface area (Å²) >= 11 is 2.63. The molecule has 1 aliphatic heterocycles. The minimum Gasteiger partial charge on any atom is -0.297 e. The molecule has 0 aromatic carbocycles. The Bertz CT molecular complexity index is 659. The zero-order valence-electron chi connectivity index (χ0n) is 11.3. The van der Waals surface area contributed by atoms with Crippen LogP contribution in [-0.4, -0.2) is 34.2 Å².